The summed E-state index contributed by atoms with van der Waals surface area (Å²) in [5.74, 6) is -2.58. The van der Waals surface area contributed by atoms with Crippen LogP contribution in [0.3, 0.4) is 0 Å². The van der Waals surface area contributed by atoms with E-state index in [2.05, 4.69) is 4.99 Å². The maximum absolute atomic E-state index is 14.0. The molecule has 0 N–H and O–H groups in total. The number of carbonyl (C=O) groups is 1. The van der Waals surface area contributed by atoms with Crippen molar-refractivity contribution in [3.8, 4) is 0 Å². The van der Waals surface area contributed by atoms with E-state index in [1.807, 2.05) is 0 Å². The molecule has 0 atom stereocenters. The molecule has 0 spiro atoms. The van der Waals surface area contributed by atoms with Crippen molar-refractivity contribution in [1.29, 1.82) is 0 Å². The SMILES string of the molecule is CCn1c(=NC(=O)c2cccc(F)c2)sc2cc(F)cc(F)c21. The number of benzene rings is 2. The summed E-state index contributed by atoms with van der Waals surface area (Å²) in [6.07, 6.45) is 0. The van der Waals surface area contributed by atoms with Crippen LogP contribution in [0.4, 0.5) is 13.2 Å². The molecule has 0 fully saturated rings. The van der Waals surface area contributed by atoms with E-state index in [0.717, 1.165) is 23.5 Å². The standard InChI is InChI=1S/C16H11F3N2OS/c1-2-21-14-12(19)7-11(18)8-13(14)23-16(21)20-15(22)9-4-3-5-10(17)6-9/h3-8H,2H2,1H3. The van der Waals surface area contributed by atoms with Crippen molar-refractivity contribution in [3.05, 3.63) is 64.2 Å². The highest BCUT2D eigenvalue weighted by Gasteiger charge is 2.13. The van der Waals surface area contributed by atoms with Crippen LogP contribution in [0.2, 0.25) is 0 Å². The van der Waals surface area contributed by atoms with Crippen LogP contribution in [0.5, 0.6) is 0 Å². The topological polar surface area (TPSA) is 34.4 Å². The number of hydrogen-bond donors (Lipinski definition) is 0. The quantitative estimate of drug-likeness (QED) is 0.699. The van der Waals surface area contributed by atoms with Gasteiger partial charge >= 0.3 is 0 Å². The molecular formula is C16H11F3N2OS. The number of thiazole rings is 1. The van der Waals surface area contributed by atoms with E-state index in [0.29, 0.717) is 11.2 Å². The molecule has 118 valence electrons. The first-order valence-electron chi connectivity index (χ1n) is 6.82. The largest absolute Gasteiger partial charge is 0.314 e. The number of hydrogen-bond acceptors (Lipinski definition) is 2. The molecule has 2 aromatic carbocycles. The highest BCUT2D eigenvalue weighted by Crippen LogP contribution is 2.22. The van der Waals surface area contributed by atoms with Crippen LogP contribution < -0.4 is 4.80 Å². The minimum Gasteiger partial charge on any atom is -0.314 e. The summed E-state index contributed by atoms with van der Waals surface area (Å²) in [6.45, 7) is 2.12. The van der Waals surface area contributed by atoms with Crippen LogP contribution in [-0.2, 0) is 6.54 Å². The van der Waals surface area contributed by atoms with Gasteiger partial charge in [0.1, 0.15) is 11.6 Å². The summed E-state index contributed by atoms with van der Waals surface area (Å²) in [7, 11) is 0. The van der Waals surface area contributed by atoms with Crippen LogP contribution in [-0.4, -0.2) is 10.5 Å². The zero-order valence-corrected chi connectivity index (χ0v) is 12.8. The second-order valence-electron chi connectivity index (χ2n) is 4.79. The van der Waals surface area contributed by atoms with Crippen molar-refractivity contribution in [2.45, 2.75) is 13.5 Å². The van der Waals surface area contributed by atoms with Gasteiger partial charge < -0.3 is 4.57 Å². The number of rotatable bonds is 2. The molecule has 1 aromatic heterocycles. The monoisotopic (exact) mass is 336 g/mol. The number of halogens is 3. The highest BCUT2D eigenvalue weighted by atomic mass is 32.1. The highest BCUT2D eigenvalue weighted by molar-refractivity contribution is 7.16. The van der Waals surface area contributed by atoms with Crippen molar-refractivity contribution in [2.75, 3.05) is 0 Å². The third-order valence-corrected chi connectivity index (χ3v) is 4.31. The van der Waals surface area contributed by atoms with Crippen molar-refractivity contribution < 1.29 is 18.0 Å². The predicted molar refractivity (Wildman–Crippen MR) is 81.7 cm³/mol. The molecular weight excluding hydrogens is 325 g/mol. The molecule has 1 heterocycles. The third kappa shape index (κ3) is 2.92. The Bertz CT molecular complexity index is 975. The Kier molecular flexibility index (Phi) is 4.04. The van der Waals surface area contributed by atoms with Gasteiger partial charge in [0.25, 0.3) is 5.91 Å². The van der Waals surface area contributed by atoms with Crippen LogP contribution >= 0.6 is 11.3 Å². The second kappa shape index (κ2) is 6.00. The van der Waals surface area contributed by atoms with Crippen LogP contribution in [0, 0.1) is 17.5 Å². The van der Waals surface area contributed by atoms with Gasteiger partial charge in [0.05, 0.1) is 10.2 Å². The van der Waals surface area contributed by atoms with Crippen molar-refractivity contribution >= 4 is 27.5 Å². The Morgan fingerprint density at radius 2 is 1.96 bits per heavy atom. The predicted octanol–water partition coefficient (Wildman–Crippen LogP) is 3.88. The van der Waals surface area contributed by atoms with E-state index in [1.165, 1.54) is 28.8 Å². The molecule has 0 bridgehead atoms. The van der Waals surface area contributed by atoms with Gasteiger partial charge in [-0.2, -0.15) is 4.99 Å². The fourth-order valence-corrected chi connectivity index (χ4v) is 3.41. The number of fused-ring (bicyclic) bond motifs is 1. The van der Waals surface area contributed by atoms with E-state index in [-0.39, 0.29) is 15.9 Å². The number of amides is 1. The Morgan fingerprint density at radius 1 is 1.17 bits per heavy atom. The maximum Gasteiger partial charge on any atom is 0.279 e. The van der Waals surface area contributed by atoms with Crippen molar-refractivity contribution in [1.82, 2.24) is 4.57 Å². The molecule has 0 aliphatic rings. The maximum atomic E-state index is 14.0. The second-order valence-corrected chi connectivity index (χ2v) is 5.80. The van der Waals surface area contributed by atoms with Gasteiger partial charge in [0, 0.05) is 18.2 Å². The molecule has 0 aliphatic heterocycles. The summed E-state index contributed by atoms with van der Waals surface area (Å²) < 4.78 is 42.4. The Labute approximate surface area is 133 Å². The summed E-state index contributed by atoms with van der Waals surface area (Å²) in [6, 6.07) is 7.14. The van der Waals surface area contributed by atoms with Gasteiger partial charge in [0.2, 0.25) is 0 Å². The fourth-order valence-electron chi connectivity index (χ4n) is 2.28. The molecule has 3 aromatic rings. The minimum absolute atomic E-state index is 0.0942. The molecule has 0 aliphatic carbocycles. The van der Waals surface area contributed by atoms with Gasteiger partial charge in [-0.3, -0.25) is 4.79 Å². The summed E-state index contributed by atoms with van der Waals surface area (Å²) in [5.41, 5.74) is 0.293. The number of nitrogens with zero attached hydrogens (tertiary/aromatic N) is 2. The van der Waals surface area contributed by atoms with Crippen LogP contribution in [0.1, 0.15) is 17.3 Å². The van der Waals surface area contributed by atoms with Gasteiger partial charge in [0.15, 0.2) is 10.6 Å². The summed E-state index contributed by atoms with van der Waals surface area (Å²) >= 11 is 1.01. The lowest BCUT2D eigenvalue weighted by Crippen LogP contribution is -2.16. The van der Waals surface area contributed by atoms with Crippen LogP contribution in [0.25, 0.3) is 10.2 Å². The smallest absolute Gasteiger partial charge is 0.279 e. The van der Waals surface area contributed by atoms with E-state index in [1.54, 1.807) is 6.92 Å². The Morgan fingerprint density at radius 3 is 2.65 bits per heavy atom. The van der Waals surface area contributed by atoms with Crippen LogP contribution in [0.15, 0.2) is 41.4 Å². The first-order valence-corrected chi connectivity index (χ1v) is 7.64. The fraction of sp³-hybridized carbons (Fsp3) is 0.125. The Hall–Kier alpha value is -2.41. The average molecular weight is 336 g/mol. The molecule has 0 saturated heterocycles. The number of aryl methyl sites for hydroxylation is 1. The van der Waals surface area contributed by atoms with E-state index in [4.69, 9.17) is 0 Å². The molecule has 0 saturated carbocycles. The molecule has 1 amide bonds. The minimum atomic E-state index is -0.710. The normalized spacial score (nSPS) is 12.1. The first kappa shape index (κ1) is 15.5. The molecule has 23 heavy (non-hydrogen) atoms. The van der Waals surface area contributed by atoms with E-state index >= 15 is 0 Å². The molecule has 7 heteroatoms. The van der Waals surface area contributed by atoms with Crippen molar-refractivity contribution in [3.63, 3.8) is 0 Å². The summed E-state index contributed by atoms with van der Waals surface area (Å²) in [4.78, 5) is 16.3. The third-order valence-electron chi connectivity index (χ3n) is 3.28. The van der Waals surface area contributed by atoms with Gasteiger partial charge in [-0.05, 0) is 31.2 Å². The van der Waals surface area contributed by atoms with E-state index in [9.17, 15) is 18.0 Å². The first-order chi connectivity index (χ1) is 11.0. The molecule has 0 radical (unpaired) electrons. The van der Waals surface area contributed by atoms with Gasteiger partial charge in [-0.1, -0.05) is 17.4 Å². The van der Waals surface area contributed by atoms with E-state index < -0.39 is 23.4 Å². The molecule has 3 nitrogen and oxygen atoms in total. The zero-order chi connectivity index (χ0) is 16.6. The van der Waals surface area contributed by atoms with Crippen molar-refractivity contribution in [2.24, 2.45) is 4.99 Å². The van der Waals surface area contributed by atoms with Gasteiger partial charge in [-0.15, -0.1) is 0 Å². The molecule has 0 unspecified atom stereocenters. The number of carbonyl (C=O) groups excluding carboxylic acids is 1. The number of aromatic nitrogens is 1. The lowest BCUT2D eigenvalue weighted by atomic mass is 10.2. The van der Waals surface area contributed by atoms with Gasteiger partial charge in [-0.25, -0.2) is 13.2 Å². The zero-order valence-electron chi connectivity index (χ0n) is 12.0. The Balaban J connectivity index is 2.19. The lowest BCUT2D eigenvalue weighted by molar-refractivity contribution is 0.0997. The molecule has 3 rings (SSSR count). The summed E-state index contributed by atoms with van der Waals surface area (Å²) in [5, 5.41) is 0. The lowest BCUT2D eigenvalue weighted by Gasteiger charge is -2.01. The average Bonchev–Trinajstić information content (AvgIpc) is 2.84.